The number of hydrogen-bond acceptors (Lipinski definition) is 4. The van der Waals surface area contributed by atoms with Crippen molar-refractivity contribution in [3.8, 4) is 0 Å². The van der Waals surface area contributed by atoms with Crippen molar-refractivity contribution >= 4 is 30.7 Å². The zero-order valence-electron chi connectivity index (χ0n) is 13.3. The van der Waals surface area contributed by atoms with E-state index in [-0.39, 0.29) is 42.9 Å². The van der Waals surface area contributed by atoms with E-state index < -0.39 is 0 Å². The molecular formula is C15H29Cl2N3O2. The first-order valence-electron chi connectivity index (χ1n) is 8.13. The number of likely N-dealkylation sites (N-methyl/N-ethyl adjacent to an activating group) is 1. The van der Waals surface area contributed by atoms with Crippen LogP contribution < -0.4 is 5.73 Å². The van der Waals surface area contributed by atoms with Crippen molar-refractivity contribution < 1.29 is 9.53 Å². The summed E-state index contributed by atoms with van der Waals surface area (Å²) in [6, 6.07) is 0.833. The summed E-state index contributed by atoms with van der Waals surface area (Å²) in [5.41, 5.74) is 5.65. The fraction of sp³-hybridized carbons (Fsp3) is 0.933. The second-order valence-electron chi connectivity index (χ2n) is 6.37. The van der Waals surface area contributed by atoms with Crippen LogP contribution in [0.2, 0.25) is 0 Å². The number of amides is 1. The van der Waals surface area contributed by atoms with Crippen molar-refractivity contribution in [1.82, 2.24) is 9.80 Å². The first kappa shape index (κ1) is 20.0. The van der Waals surface area contributed by atoms with Gasteiger partial charge in [0.1, 0.15) is 6.10 Å². The molecule has 3 saturated heterocycles. The molecule has 0 aromatic carbocycles. The molecule has 1 amide bonds. The summed E-state index contributed by atoms with van der Waals surface area (Å²) >= 11 is 0. The van der Waals surface area contributed by atoms with Crippen LogP contribution in [-0.2, 0) is 9.53 Å². The van der Waals surface area contributed by atoms with Gasteiger partial charge in [0, 0.05) is 31.7 Å². The molecule has 0 spiro atoms. The normalized spacial score (nSPS) is 34.7. The SMILES string of the molecule is CCN1CCC2CCC(C1)N2C(=O)[C@@H]1CC[C@H](CN)O1.Cl.Cl. The zero-order valence-corrected chi connectivity index (χ0v) is 14.9. The standard InChI is InChI=1S/C15H27N3O2.2ClH/c1-2-17-8-7-11-3-4-12(10-17)18(11)15(19)14-6-5-13(9-16)20-14;;/h11-14H,2-10,16H2,1H3;2*1H/t11?,12?,13-,14+;;/m1../s1. The summed E-state index contributed by atoms with van der Waals surface area (Å²) in [5, 5.41) is 0. The van der Waals surface area contributed by atoms with E-state index in [1.807, 2.05) is 0 Å². The molecule has 2 unspecified atom stereocenters. The largest absolute Gasteiger partial charge is 0.364 e. The smallest absolute Gasteiger partial charge is 0.252 e. The molecule has 0 aliphatic carbocycles. The molecule has 0 aromatic rings. The number of fused-ring (bicyclic) bond motifs is 2. The lowest BCUT2D eigenvalue weighted by molar-refractivity contribution is -0.145. The molecule has 3 aliphatic rings. The molecule has 3 rings (SSSR count). The molecule has 3 heterocycles. The fourth-order valence-corrected chi connectivity index (χ4v) is 4.02. The average Bonchev–Trinajstić information content (AvgIpc) is 3.02. The maximum absolute atomic E-state index is 12.8. The van der Waals surface area contributed by atoms with Crippen LogP contribution in [0.15, 0.2) is 0 Å². The second kappa shape index (κ2) is 8.69. The molecule has 2 N–H and O–H groups in total. The van der Waals surface area contributed by atoms with E-state index in [1.54, 1.807) is 0 Å². The average molecular weight is 354 g/mol. The van der Waals surface area contributed by atoms with E-state index in [1.165, 1.54) is 6.42 Å². The molecule has 4 atom stereocenters. The lowest BCUT2D eigenvalue weighted by Gasteiger charge is -2.31. The van der Waals surface area contributed by atoms with Gasteiger partial charge in [-0.25, -0.2) is 0 Å². The van der Waals surface area contributed by atoms with Crippen LogP contribution in [0.25, 0.3) is 0 Å². The monoisotopic (exact) mass is 353 g/mol. The molecule has 7 heteroatoms. The number of halogens is 2. The van der Waals surface area contributed by atoms with Gasteiger partial charge in [0.05, 0.1) is 6.10 Å². The Balaban J connectivity index is 0.00000121. The van der Waals surface area contributed by atoms with Crippen molar-refractivity contribution in [3.05, 3.63) is 0 Å². The van der Waals surface area contributed by atoms with Crippen LogP contribution >= 0.6 is 24.8 Å². The van der Waals surface area contributed by atoms with E-state index in [9.17, 15) is 4.79 Å². The molecule has 0 saturated carbocycles. The highest BCUT2D eigenvalue weighted by Gasteiger charge is 2.43. The highest BCUT2D eigenvalue weighted by molar-refractivity contribution is 5.85. The fourth-order valence-electron chi connectivity index (χ4n) is 4.02. The third kappa shape index (κ3) is 3.88. The zero-order chi connectivity index (χ0) is 14.1. The highest BCUT2D eigenvalue weighted by Crippen LogP contribution is 2.33. The van der Waals surface area contributed by atoms with E-state index >= 15 is 0 Å². The van der Waals surface area contributed by atoms with Gasteiger partial charge < -0.3 is 20.3 Å². The third-order valence-electron chi connectivity index (χ3n) is 5.21. The van der Waals surface area contributed by atoms with Gasteiger partial charge in [0.2, 0.25) is 0 Å². The van der Waals surface area contributed by atoms with E-state index in [4.69, 9.17) is 10.5 Å². The number of carbonyl (C=O) groups excluding carboxylic acids is 1. The van der Waals surface area contributed by atoms with Crippen molar-refractivity contribution in [2.75, 3.05) is 26.2 Å². The van der Waals surface area contributed by atoms with Crippen LogP contribution in [0.3, 0.4) is 0 Å². The van der Waals surface area contributed by atoms with Gasteiger partial charge in [-0.05, 0) is 38.6 Å². The quantitative estimate of drug-likeness (QED) is 0.833. The van der Waals surface area contributed by atoms with Gasteiger partial charge >= 0.3 is 0 Å². The third-order valence-corrected chi connectivity index (χ3v) is 5.21. The van der Waals surface area contributed by atoms with Crippen LogP contribution in [0.4, 0.5) is 0 Å². The molecule has 130 valence electrons. The lowest BCUT2D eigenvalue weighted by Crippen LogP contribution is -2.47. The Morgan fingerprint density at radius 2 is 1.86 bits per heavy atom. The minimum absolute atomic E-state index is 0. The summed E-state index contributed by atoms with van der Waals surface area (Å²) in [4.78, 5) is 17.5. The van der Waals surface area contributed by atoms with E-state index in [0.717, 1.165) is 45.3 Å². The summed E-state index contributed by atoms with van der Waals surface area (Å²) in [6.07, 6.45) is 5.05. The Morgan fingerprint density at radius 1 is 1.14 bits per heavy atom. The van der Waals surface area contributed by atoms with E-state index in [2.05, 4.69) is 16.7 Å². The van der Waals surface area contributed by atoms with Crippen LogP contribution in [-0.4, -0.2) is 66.2 Å². The lowest BCUT2D eigenvalue weighted by atomic mass is 10.1. The number of nitrogens with zero attached hydrogens (tertiary/aromatic N) is 2. The number of likely N-dealkylation sites (tertiary alicyclic amines) is 1. The predicted octanol–water partition coefficient (Wildman–Crippen LogP) is 1.42. The van der Waals surface area contributed by atoms with Gasteiger partial charge in [-0.3, -0.25) is 4.79 Å². The van der Waals surface area contributed by atoms with Gasteiger partial charge in [0.15, 0.2) is 0 Å². The summed E-state index contributed by atoms with van der Waals surface area (Å²) in [6.45, 7) is 5.97. The molecule has 3 fully saturated rings. The van der Waals surface area contributed by atoms with Gasteiger partial charge in [-0.2, -0.15) is 0 Å². The van der Waals surface area contributed by atoms with Crippen molar-refractivity contribution in [2.24, 2.45) is 5.73 Å². The predicted molar refractivity (Wildman–Crippen MR) is 91.8 cm³/mol. The van der Waals surface area contributed by atoms with Crippen LogP contribution in [0.1, 0.15) is 39.0 Å². The molecule has 0 aromatic heterocycles. The summed E-state index contributed by atoms with van der Waals surface area (Å²) < 4.78 is 5.81. The minimum Gasteiger partial charge on any atom is -0.364 e. The first-order chi connectivity index (χ1) is 9.72. The Hall–Kier alpha value is -0.0700. The maximum Gasteiger partial charge on any atom is 0.252 e. The Bertz CT molecular complexity index is 373. The molecular weight excluding hydrogens is 325 g/mol. The molecule has 3 aliphatic heterocycles. The van der Waals surface area contributed by atoms with Crippen LogP contribution in [0.5, 0.6) is 0 Å². The van der Waals surface area contributed by atoms with Gasteiger partial charge in [0.25, 0.3) is 5.91 Å². The molecule has 22 heavy (non-hydrogen) atoms. The highest BCUT2D eigenvalue weighted by atomic mass is 35.5. The first-order valence-corrected chi connectivity index (χ1v) is 8.13. The van der Waals surface area contributed by atoms with Crippen molar-refractivity contribution in [1.29, 1.82) is 0 Å². The van der Waals surface area contributed by atoms with Gasteiger partial charge in [-0.1, -0.05) is 6.92 Å². The number of nitrogens with two attached hydrogens (primary N) is 1. The number of ether oxygens (including phenoxy) is 1. The Morgan fingerprint density at radius 3 is 2.50 bits per heavy atom. The number of carbonyl (C=O) groups is 1. The second-order valence-corrected chi connectivity index (χ2v) is 6.37. The van der Waals surface area contributed by atoms with Crippen LogP contribution in [0, 0.1) is 0 Å². The molecule has 2 bridgehead atoms. The maximum atomic E-state index is 12.8. The summed E-state index contributed by atoms with van der Waals surface area (Å²) in [7, 11) is 0. The topological polar surface area (TPSA) is 58.8 Å². The van der Waals surface area contributed by atoms with Crippen molar-refractivity contribution in [2.45, 2.75) is 63.3 Å². The van der Waals surface area contributed by atoms with Crippen molar-refractivity contribution in [3.63, 3.8) is 0 Å². The molecule has 5 nitrogen and oxygen atoms in total. The van der Waals surface area contributed by atoms with E-state index in [0.29, 0.717) is 18.6 Å². The Labute approximate surface area is 145 Å². The number of rotatable bonds is 3. The Kier molecular flexibility index (Phi) is 7.89. The summed E-state index contributed by atoms with van der Waals surface area (Å²) in [5.74, 6) is 0.228. The van der Waals surface area contributed by atoms with Gasteiger partial charge in [-0.15, -0.1) is 24.8 Å². The molecule has 0 radical (unpaired) electrons. The number of hydrogen-bond donors (Lipinski definition) is 1. The minimum atomic E-state index is -0.236.